The summed E-state index contributed by atoms with van der Waals surface area (Å²) in [5, 5.41) is 9.14. The van der Waals surface area contributed by atoms with E-state index in [4.69, 9.17) is 21.6 Å². The monoisotopic (exact) mass is 406 g/mol. The number of aromatic nitrogens is 1. The zero-order valence-corrected chi connectivity index (χ0v) is 17.4. The van der Waals surface area contributed by atoms with E-state index < -0.39 is 0 Å². The summed E-state index contributed by atoms with van der Waals surface area (Å²) < 4.78 is 7.69. The number of rotatable bonds is 7. The normalized spacial score (nSPS) is 10.6. The number of ether oxygens (including phenoxy) is 1. The smallest absolute Gasteiger partial charge is 0.269 e. The largest absolute Gasteiger partial charge is 0.487 e. The number of halogens is 1. The Morgan fingerprint density at radius 1 is 1.10 bits per heavy atom. The number of hydrogen-bond donors (Lipinski definition) is 0. The molecule has 0 N–H and O–H groups in total. The zero-order valence-electron chi connectivity index (χ0n) is 16.6. The van der Waals surface area contributed by atoms with Gasteiger partial charge in [0.1, 0.15) is 17.4 Å². The van der Waals surface area contributed by atoms with Gasteiger partial charge in [0.25, 0.3) is 5.56 Å². The van der Waals surface area contributed by atoms with E-state index in [9.17, 15) is 4.79 Å². The minimum Gasteiger partial charge on any atom is -0.487 e. The summed E-state index contributed by atoms with van der Waals surface area (Å²) in [6.07, 6.45) is 1.59. The van der Waals surface area contributed by atoms with Gasteiger partial charge in [-0.05, 0) is 66.8 Å². The van der Waals surface area contributed by atoms with Crippen LogP contribution in [-0.4, -0.2) is 4.57 Å². The van der Waals surface area contributed by atoms with Gasteiger partial charge in [0, 0.05) is 6.54 Å². The first-order valence-electron chi connectivity index (χ1n) is 9.61. The van der Waals surface area contributed by atoms with E-state index in [-0.39, 0.29) is 10.6 Å². The van der Waals surface area contributed by atoms with Gasteiger partial charge in [0.2, 0.25) is 0 Å². The van der Waals surface area contributed by atoms with Crippen LogP contribution in [0, 0.1) is 18.3 Å². The number of benzene rings is 2. The summed E-state index contributed by atoms with van der Waals surface area (Å²) in [6, 6.07) is 19.2. The van der Waals surface area contributed by atoms with Crippen molar-refractivity contribution >= 4 is 11.6 Å². The summed E-state index contributed by atoms with van der Waals surface area (Å²) in [7, 11) is 0. The maximum atomic E-state index is 12.7. The molecule has 4 nitrogen and oxygen atoms in total. The van der Waals surface area contributed by atoms with Crippen molar-refractivity contribution < 1.29 is 4.74 Å². The van der Waals surface area contributed by atoms with Crippen molar-refractivity contribution in [3.63, 3.8) is 0 Å². The van der Waals surface area contributed by atoms with Crippen molar-refractivity contribution in [3.8, 4) is 11.8 Å². The average Bonchev–Trinajstić information content (AvgIpc) is 2.75. The summed E-state index contributed by atoms with van der Waals surface area (Å²) in [6.45, 7) is 4.81. The molecule has 0 aliphatic heterocycles. The minimum absolute atomic E-state index is 0.207. The van der Waals surface area contributed by atoms with Crippen molar-refractivity contribution in [1.82, 2.24) is 4.57 Å². The quantitative estimate of drug-likeness (QED) is 0.550. The first-order chi connectivity index (χ1) is 14.0. The first-order valence-corrected chi connectivity index (χ1v) is 9.99. The second kappa shape index (κ2) is 9.45. The van der Waals surface area contributed by atoms with Crippen LogP contribution < -0.4 is 10.3 Å². The van der Waals surface area contributed by atoms with E-state index in [1.807, 2.05) is 37.3 Å². The number of pyridine rings is 1. The van der Waals surface area contributed by atoms with Crippen molar-refractivity contribution in [3.05, 3.63) is 97.9 Å². The molecular formula is C24H23ClN2O2. The predicted octanol–water partition coefficient (Wildman–Crippen LogP) is 5.07. The Bertz CT molecular complexity index is 1100. The fourth-order valence-corrected chi connectivity index (χ4v) is 3.49. The molecule has 0 aliphatic rings. The fourth-order valence-electron chi connectivity index (χ4n) is 3.22. The summed E-state index contributed by atoms with van der Waals surface area (Å²) >= 11 is 6.16. The molecule has 148 valence electrons. The van der Waals surface area contributed by atoms with E-state index in [1.165, 1.54) is 5.56 Å². The van der Waals surface area contributed by atoms with Gasteiger partial charge in [0.05, 0.1) is 17.3 Å². The molecule has 0 spiro atoms. The van der Waals surface area contributed by atoms with Crippen LogP contribution in [0.15, 0.2) is 59.4 Å². The lowest BCUT2D eigenvalue weighted by molar-refractivity contribution is 0.291. The lowest BCUT2D eigenvalue weighted by Gasteiger charge is -2.17. The molecule has 5 heteroatoms. The Morgan fingerprint density at radius 3 is 2.55 bits per heavy atom. The van der Waals surface area contributed by atoms with Crippen LogP contribution in [0.2, 0.25) is 5.02 Å². The highest BCUT2D eigenvalue weighted by Gasteiger charge is 2.13. The molecule has 0 aliphatic carbocycles. The number of aryl methyl sites for hydroxylation is 3. The van der Waals surface area contributed by atoms with E-state index in [0.29, 0.717) is 25.1 Å². The van der Waals surface area contributed by atoms with Crippen LogP contribution in [0.25, 0.3) is 0 Å². The molecule has 2 aromatic carbocycles. The van der Waals surface area contributed by atoms with Crippen LogP contribution in [0.1, 0.15) is 34.9 Å². The molecule has 0 unspecified atom stereocenters. The van der Waals surface area contributed by atoms with Crippen molar-refractivity contribution in [2.45, 2.75) is 39.8 Å². The van der Waals surface area contributed by atoms with Crippen LogP contribution in [0.4, 0.5) is 0 Å². The number of nitrogens with zero attached hydrogens (tertiary/aromatic N) is 2. The lowest BCUT2D eigenvalue weighted by Crippen LogP contribution is -2.27. The molecule has 29 heavy (non-hydrogen) atoms. The third kappa shape index (κ3) is 5.07. The van der Waals surface area contributed by atoms with Crippen LogP contribution >= 0.6 is 11.6 Å². The van der Waals surface area contributed by atoms with Gasteiger partial charge in [0.15, 0.2) is 0 Å². The van der Waals surface area contributed by atoms with Crippen LogP contribution in [0.5, 0.6) is 5.75 Å². The summed E-state index contributed by atoms with van der Waals surface area (Å²) in [5.41, 5.74) is 4.39. The van der Waals surface area contributed by atoms with Gasteiger partial charge in [-0.3, -0.25) is 4.79 Å². The summed E-state index contributed by atoms with van der Waals surface area (Å²) in [5.74, 6) is 0.782. The Balaban J connectivity index is 1.83. The highest BCUT2D eigenvalue weighted by atomic mass is 35.5. The molecule has 0 fully saturated rings. The molecule has 0 amide bonds. The molecular weight excluding hydrogens is 384 g/mol. The highest BCUT2D eigenvalue weighted by Crippen LogP contribution is 2.18. The SMILES string of the molecule is CCc1cccc(OCc2c(C)cc(Cl)c(=O)n2CCc2ccc(C#N)cc2)c1. The van der Waals surface area contributed by atoms with Gasteiger partial charge < -0.3 is 9.30 Å². The molecule has 0 saturated carbocycles. The molecule has 0 bridgehead atoms. The lowest BCUT2D eigenvalue weighted by atomic mass is 10.1. The van der Waals surface area contributed by atoms with Gasteiger partial charge in [-0.1, -0.05) is 42.8 Å². The topological polar surface area (TPSA) is 55.0 Å². The Morgan fingerprint density at radius 2 is 1.86 bits per heavy atom. The zero-order chi connectivity index (χ0) is 20.8. The Labute approximate surface area is 176 Å². The molecule has 1 heterocycles. The highest BCUT2D eigenvalue weighted by molar-refractivity contribution is 6.30. The van der Waals surface area contributed by atoms with Gasteiger partial charge in [-0.25, -0.2) is 0 Å². The molecule has 3 aromatic rings. The van der Waals surface area contributed by atoms with E-state index in [1.54, 1.807) is 22.8 Å². The third-order valence-corrected chi connectivity index (χ3v) is 5.23. The number of nitriles is 1. The Hall–Kier alpha value is -3.03. The predicted molar refractivity (Wildman–Crippen MR) is 115 cm³/mol. The molecule has 0 radical (unpaired) electrons. The summed E-state index contributed by atoms with van der Waals surface area (Å²) in [4.78, 5) is 12.7. The Kier molecular flexibility index (Phi) is 6.74. The van der Waals surface area contributed by atoms with Gasteiger partial charge in [-0.2, -0.15) is 5.26 Å². The standard InChI is InChI=1S/C24H23ClN2O2/c1-3-18-5-4-6-21(14-18)29-16-23-17(2)13-22(25)24(28)27(23)12-11-19-7-9-20(15-26)10-8-19/h4-10,13-14H,3,11-12,16H2,1-2H3. The maximum Gasteiger partial charge on any atom is 0.269 e. The third-order valence-electron chi connectivity index (χ3n) is 4.96. The fraction of sp³-hybridized carbons (Fsp3) is 0.250. The van der Waals surface area contributed by atoms with Crippen LogP contribution in [0.3, 0.4) is 0 Å². The minimum atomic E-state index is -0.216. The van der Waals surface area contributed by atoms with Gasteiger partial charge >= 0.3 is 0 Å². The second-order valence-electron chi connectivity index (χ2n) is 6.93. The van der Waals surface area contributed by atoms with Crippen molar-refractivity contribution in [2.24, 2.45) is 0 Å². The first kappa shape index (κ1) is 20.7. The van der Waals surface area contributed by atoms with Crippen LogP contribution in [-0.2, 0) is 26.0 Å². The van der Waals surface area contributed by atoms with Gasteiger partial charge in [-0.15, -0.1) is 0 Å². The molecule has 0 saturated heterocycles. The van der Waals surface area contributed by atoms with E-state index in [2.05, 4.69) is 19.1 Å². The molecule has 3 rings (SSSR count). The van der Waals surface area contributed by atoms with Crippen molar-refractivity contribution in [1.29, 1.82) is 5.26 Å². The van der Waals surface area contributed by atoms with E-state index in [0.717, 1.165) is 29.0 Å². The molecule has 0 atom stereocenters. The average molecular weight is 407 g/mol. The number of hydrogen-bond acceptors (Lipinski definition) is 3. The van der Waals surface area contributed by atoms with Crippen molar-refractivity contribution in [2.75, 3.05) is 0 Å². The molecule has 1 aromatic heterocycles. The maximum absolute atomic E-state index is 12.7. The van der Waals surface area contributed by atoms with E-state index >= 15 is 0 Å². The second-order valence-corrected chi connectivity index (χ2v) is 7.33.